The predicted octanol–water partition coefficient (Wildman–Crippen LogP) is 2.98. The fourth-order valence-corrected chi connectivity index (χ4v) is 4.34. The van der Waals surface area contributed by atoms with E-state index in [1.165, 1.54) is 29.2 Å². The molecule has 7 nitrogen and oxygen atoms in total. The van der Waals surface area contributed by atoms with Gasteiger partial charge in [-0.3, -0.25) is 14.5 Å². The molecule has 0 aliphatic carbocycles. The number of carbonyl (C=O) groups is 2. The van der Waals surface area contributed by atoms with Gasteiger partial charge in [0.1, 0.15) is 17.3 Å². The Labute approximate surface area is 191 Å². The summed E-state index contributed by atoms with van der Waals surface area (Å²) in [7, 11) is 0. The first-order valence-corrected chi connectivity index (χ1v) is 11.0. The van der Waals surface area contributed by atoms with Crippen LogP contribution in [0.25, 0.3) is 5.76 Å². The molecular formula is C25H27FN2O5. The minimum atomic E-state index is -0.883. The molecule has 2 fully saturated rings. The van der Waals surface area contributed by atoms with Gasteiger partial charge < -0.3 is 19.8 Å². The van der Waals surface area contributed by atoms with E-state index in [0.717, 1.165) is 25.7 Å². The van der Waals surface area contributed by atoms with Crippen LogP contribution in [0.2, 0.25) is 0 Å². The van der Waals surface area contributed by atoms with Crippen LogP contribution < -0.4 is 0 Å². The maximum atomic E-state index is 14.2. The quantitative estimate of drug-likeness (QED) is 0.396. The van der Waals surface area contributed by atoms with Crippen LogP contribution in [0.15, 0.2) is 48.0 Å². The van der Waals surface area contributed by atoms with Gasteiger partial charge in [-0.2, -0.15) is 0 Å². The van der Waals surface area contributed by atoms with Gasteiger partial charge in [-0.15, -0.1) is 0 Å². The second-order valence-electron chi connectivity index (χ2n) is 8.36. The van der Waals surface area contributed by atoms with Crippen molar-refractivity contribution in [3.63, 3.8) is 0 Å². The molecule has 2 N–H and O–H groups in total. The number of aliphatic hydroxyl groups is 1. The van der Waals surface area contributed by atoms with E-state index in [4.69, 9.17) is 4.74 Å². The highest BCUT2D eigenvalue weighted by atomic mass is 19.1. The maximum Gasteiger partial charge on any atom is 0.295 e. The Morgan fingerprint density at radius 3 is 2.58 bits per heavy atom. The number of amides is 1. The van der Waals surface area contributed by atoms with Gasteiger partial charge in [0.2, 0.25) is 0 Å². The Morgan fingerprint density at radius 1 is 1.12 bits per heavy atom. The number of likely N-dealkylation sites (tertiary alicyclic amines) is 1. The number of phenols is 1. The third-order valence-corrected chi connectivity index (χ3v) is 6.15. The summed E-state index contributed by atoms with van der Waals surface area (Å²) in [5.74, 6) is -2.52. The van der Waals surface area contributed by atoms with Crippen molar-refractivity contribution >= 4 is 17.4 Å². The monoisotopic (exact) mass is 454 g/mol. The summed E-state index contributed by atoms with van der Waals surface area (Å²) in [5, 5.41) is 21.0. The first-order valence-electron chi connectivity index (χ1n) is 11.0. The molecule has 0 radical (unpaired) electrons. The molecule has 2 heterocycles. The first kappa shape index (κ1) is 22.9. The molecule has 2 aliphatic rings. The second-order valence-corrected chi connectivity index (χ2v) is 8.36. The number of aromatic hydroxyl groups is 1. The number of benzene rings is 2. The molecule has 33 heavy (non-hydrogen) atoms. The number of hydrogen-bond donors (Lipinski definition) is 2. The summed E-state index contributed by atoms with van der Waals surface area (Å²) in [6.07, 6.45) is 0.627. The first-order chi connectivity index (χ1) is 15.9. The summed E-state index contributed by atoms with van der Waals surface area (Å²) in [6.45, 7) is 5.59. The largest absolute Gasteiger partial charge is 0.508 e. The summed E-state index contributed by atoms with van der Waals surface area (Å²) in [6, 6.07) is 9.54. The molecule has 174 valence electrons. The number of Topliss-reactive ketones (excluding diaryl/α,β-unsaturated/α-hetero) is 1. The number of nitrogens with zero attached hydrogens (tertiary/aromatic N) is 2. The zero-order valence-corrected chi connectivity index (χ0v) is 18.5. The lowest BCUT2D eigenvalue weighted by Crippen LogP contribution is -2.38. The van der Waals surface area contributed by atoms with Gasteiger partial charge in [0.25, 0.3) is 11.7 Å². The molecule has 8 heteroatoms. The average molecular weight is 454 g/mol. The minimum Gasteiger partial charge on any atom is -0.508 e. The van der Waals surface area contributed by atoms with Gasteiger partial charge in [0, 0.05) is 31.7 Å². The normalized spacial score (nSPS) is 21.0. The van der Waals surface area contributed by atoms with Gasteiger partial charge in [0.05, 0.1) is 24.8 Å². The predicted molar refractivity (Wildman–Crippen MR) is 120 cm³/mol. The van der Waals surface area contributed by atoms with E-state index in [1.807, 2.05) is 0 Å². The molecule has 2 aromatic rings. The number of aliphatic hydroxyl groups excluding tert-OH is 1. The molecule has 0 aromatic heterocycles. The van der Waals surface area contributed by atoms with Gasteiger partial charge in [-0.05, 0) is 42.7 Å². The topological polar surface area (TPSA) is 90.3 Å². The summed E-state index contributed by atoms with van der Waals surface area (Å²) >= 11 is 0. The summed E-state index contributed by atoms with van der Waals surface area (Å²) in [5.41, 5.74) is 0.907. The van der Waals surface area contributed by atoms with Crippen molar-refractivity contribution in [2.24, 2.45) is 0 Å². The molecule has 2 aromatic carbocycles. The van der Waals surface area contributed by atoms with E-state index >= 15 is 0 Å². The van der Waals surface area contributed by atoms with Crippen molar-refractivity contribution in [2.45, 2.75) is 19.4 Å². The zero-order valence-electron chi connectivity index (χ0n) is 18.5. The number of morpholine rings is 1. The third-order valence-electron chi connectivity index (χ3n) is 6.15. The van der Waals surface area contributed by atoms with Crippen LogP contribution >= 0.6 is 0 Å². The lowest BCUT2D eigenvalue weighted by molar-refractivity contribution is -0.140. The number of ether oxygens (including phenoxy) is 1. The van der Waals surface area contributed by atoms with Crippen LogP contribution in [-0.4, -0.2) is 71.1 Å². The van der Waals surface area contributed by atoms with E-state index in [1.54, 1.807) is 19.1 Å². The zero-order chi connectivity index (χ0) is 23.5. The molecular weight excluding hydrogens is 427 g/mol. The molecule has 0 bridgehead atoms. The number of carbonyl (C=O) groups excluding carboxylic acids is 2. The Bertz CT molecular complexity index is 1090. The van der Waals surface area contributed by atoms with Gasteiger partial charge in [-0.25, -0.2) is 4.39 Å². The number of aryl methyl sites for hydroxylation is 1. The number of hydrogen-bond acceptors (Lipinski definition) is 6. The Balaban J connectivity index is 1.69. The highest BCUT2D eigenvalue weighted by Gasteiger charge is 2.46. The smallest absolute Gasteiger partial charge is 0.295 e. The Hall–Kier alpha value is -3.23. The minimum absolute atomic E-state index is 0.0206. The molecule has 0 unspecified atom stereocenters. The molecule has 2 saturated heterocycles. The number of rotatable bonds is 6. The van der Waals surface area contributed by atoms with Crippen LogP contribution in [0.3, 0.4) is 0 Å². The number of ketones is 1. The third kappa shape index (κ3) is 4.77. The summed E-state index contributed by atoms with van der Waals surface area (Å²) < 4.78 is 19.5. The fourth-order valence-electron chi connectivity index (χ4n) is 4.34. The van der Waals surface area contributed by atoms with E-state index in [9.17, 15) is 24.2 Å². The van der Waals surface area contributed by atoms with Crippen LogP contribution in [0, 0.1) is 12.7 Å². The summed E-state index contributed by atoms with van der Waals surface area (Å²) in [4.78, 5) is 29.7. The highest BCUT2D eigenvalue weighted by Crippen LogP contribution is 2.40. The fraction of sp³-hybridized carbons (Fsp3) is 0.360. The van der Waals surface area contributed by atoms with E-state index in [-0.39, 0.29) is 16.9 Å². The van der Waals surface area contributed by atoms with Crippen molar-refractivity contribution in [3.05, 3.63) is 70.5 Å². The van der Waals surface area contributed by atoms with Gasteiger partial charge >= 0.3 is 0 Å². The Kier molecular flexibility index (Phi) is 6.76. The SMILES string of the molecule is Cc1ccc(C(O)=C2C(=O)C(=O)N(CCCN3CCOCC3)[C@H]2c2cccc(O)c2)cc1F. The van der Waals surface area contributed by atoms with Gasteiger partial charge in [-0.1, -0.05) is 24.3 Å². The molecule has 4 rings (SSSR count). The van der Waals surface area contributed by atoms with E-state index in [2.05, 4.69) is 4.90 Å². The van der Waals surface area contributed by atoms with Crippen LogP contribution in [0.1, 0.15) is 29.2 Å². The van der Waals surface area contributed by atoms with Crippen molar-refractivity contribution in [2.75, 3.05) is 39.4 Å². The lowest BCUT2D eigenvalue weighted by Gasteiger charge is -2.29. The van der Waals surface area contributed by atoms with Crippen LogP contribution in [-0.2, 0) is 14.3 Å². The van der Waals surface area contributed by atoms with Crippen molar-refractivity contribution < 1.29 is 28.9 Å². The average Bonchev–Trinajstić information content (AvgIpc) is 3.06. The maximum absolute atomic E-state index is 14.2. The molecule has 1 amide bonds. The standard InChI is InChI=1S/C25H27FN2O5/c1-16-6-7-18(15-20(16)26)23(30)21-22(17-4-2-5-19(29)14-17)28(25(32)24(21)31)9-3-8-27-10-12-33-13-11-27/h2,4-7,14-15,22,29-30H,3,8-13H2,1H3/t22-/m0/s1. The van der Waals surface area contributed by atoms with Gasteiger partial charge in [0.15, 0.2) is 0 Å². The Morgan fingerprint density at radius 2 is 1.88 bits per heavy atom. The van der Waals surface area contributed by atoms with Crippen molar-refractivity contribution in [1.29, 1.82) is 0 Å². The van der Waals surface area contributed by atoms with Crippen molar-refractivity contribution in [1.82, 2.24) is 9.80 Å². The lowest BCUT2D eigenvalue weighted by atomic mass is 9.94. The number of halogens is 1. The number of phenolic OH excluding ortho intramolecular Hbond substituents is 1. The van der Waals surface area contributed by atoms with E-state index in [0.29, 0.717) is 37.3 Å². The van der Waals surface area contributed by atoms with Crippen LogP contribution in [0.4, 0.5) is 4.39 Å². The van der Waals surface area contributed by atoms with E-state index < -0.39 is 29.3 Å². The molecule has 1 atom stereocenters. The second kappa shape index (κ2) is 9.72. The molecule has 2 aliphatic heterocycles. The van der Waals surface area contributed by atoms with Crippen molar-refractivity contribution in [3.8, 4) is 5.75 Å². The highest BCUT2D eigenvalue weighted by molar-refractivity contribution is 6.46. The van der Waals surface area contributed by atoms with Crippen LogP contribution in [0.5, 0.6) is 5.75 Å². The molecule has 0 saturated carbocycles. The molecule has 0 spiro atoms.